The van der Waals surface area contributed by atoms with Gasteiger partial charge in [0.1, 0.15) is 0 Å². The first-order valence-corrected chi connectivity index (χ1v) is 32.2. The first kappa shape index (κ1) is 69.8. The summed E-state index contributed by atoms with van der Waals surface area (Å²) < 4.78 is 0. The molecule has 0 aromatic carbocycles. The summed E-state index contributed by atoms with van der Waals surface area (Å²) >= 11 is 0. The Morgan fingerprint density at radius 2 is 0.611 bits per heavy atom. The molecule has 72 heavy (non-hydrogen) atoms. The molecule has 2 unspecified atom stereocenters. The zero-order valence-corrected chi connectivity index (χ0v) is 48.4. The highest BCUT2D eigenvalue weighted by molar-refractivity contribution is 5.76. The Hall–Kier alpha value is -2.17. The summed E-state index contributed by atoms with van der Waals surface area (Å²) in [5, 5.41) is 23.3. The molecule has 0 saturated carbocycles. The van der Waals surface area contributed by atoms with Crippen molar-refractivity contribution in [3.8, 4) is 0 Å². The van der Waals surface area contributed by atoms with E-state index in [4.69, 9.17) is 0 Å². The molecule has 0 aromatic rings. The maximum absolute atomic E-state index is 12.5. The molecule has 0 fully saturated rings. The second-order valence-corrected chi connectivity index (χ2v) is 21.8. The molecule has 0 aromatic heterocycles. The minimum atomic E-state index is -0.841. The topological polar surface area (TPSA) is 69.6 Å². The van der Waals surface area contributed by atoms with Crippen molar-refractivity contribution in [2.24, 2.45) is 0 Å². The zero-order valence-electron chi connectivity index (χ0n) is 48.4. The third-order valence-electron chi connectivity index (χ3n) is 14.7. The third kappa shape index (κ3) is 58.7. The summed E-state index contributed by atoms with van der Waals surface area (Å²) in [6.45, 7) is 4.23. The summed E-state index contributed by atoms with van der Waals surface area (Å²) in [5.41, 5.74) is 0. The van der Waals surface area contributed by atoms with Crippen LogP contribution in [0, 0.1) is 0 Å². The van der Waals surface area contributed by atoms with Crippen molar-refractivity contribution in [1.29, 1.82) is 0 Å². The van der Waals surface area contributed by atoms with Crippen LogP contribution in [0.2, 0.25) is 0 Å². The van der Waals surface area contributed by atoms with E-state index in [-0.39, 0.29) is 12.5 Å². The highest BCUT2D eigenvalue weighted by atomic mass is 16.3. The molecule has 0 bridgehead atoms. The van der Waals surface area contributed by atoms with Gasteiger partial charge in [0.2, 0.25) is 5.91 Å². The van der Waals surface area contributed by atoms with Crippen LogP contribution in [-0.2, 0) is 4.79 Å². The maximum Gasteiger partial charge on any atom is 0.220 e. The van der Waals surface area contributed by atoms with Gasteiger partial charge in [-0.2, -0.15) is 0 Å². The molecular weight excluding hydrogens is 879 g/mol. The minimum Gasteiger partial charge on any atom is -0.394 e. The molecule has 3 N–H and O–H groups in total. The molecule has 0 spiro atoms. The van der Waals surface area contributed by atoms with Crippen LogP contribution in [0.25, 0.3) is 0 Å². The van der Waals surface area contributed by atoms with Gasteiger partial charge in [0.05, 0.1) is 18.8 Å². The Labute approximate surface area is 450 Å². The Bertz CT molecular complexity index is 1230. The number of hydrogen-bond acceptors (Lipinski definition) is 3. The van der Waals surface area contributed by atoms with Crippen LogP contribution < -0.4 is 5.32 Å². The van der Waals surface area contributed by atoms with Crippen LogP contribution >= 0.6 is 0 Å². The number of carbonyl (C=O) groups excluding carboxylic acids is 1. The lowest BCUT2D eigenvalue weighted by Gasteiger charge is -2.20. The fourth-order valence-electron chi connectivity index (χ4n) is 9.86. The van der Waals surface area contributed by atoms with Crippen molar-refractivity contribution >= 4 is 5.91 Å². The average Bonchev–Trinajstić information content (AvgIpc) is 3.39. The van der Waals surface area contributed by atoms with E-state index in [9.17, 15) is 15.0 Å². The molecule has 0 aliphatic rings. The molecule has 4 nitrogen and oxygen atoms in total. The molecule has 4 heteroatoms. The molecule has 0 saturated heterocycles. The van der Waals surface area contributed by atoms with E-state index in [2.05, 4.69) is 79.9 Å². The van der Waals surface area contributed by atoms with Crippen LogP contribution in [-0.4, -0.2) is 34.9 Å². The fourth-order valence-corrected chi connectivity index (χ4v) is 9.86. The molecule has 0 rings (SSSR count). The van der Waals surface area contributed by atoms with Gasteiger partial charge in [0.15, 0.2) is 0 Å². The van der Waals surface area contributed by atoms with Crippen LogP contribution in [0.15, 0.2) is 72.9 Å². The molecule has 420 valence electrons. The maximum atomic E-state index is 12.5. The number of aliphatic hydroxyl groups excluding tert-OH is 2. The van der Waals surface area contributed by atoms with Crippen molar-refractivity contribution in [2.75, 3.05) is 6.61 Å². The summed E-state index contributed by atoms with van der Waals surface area (Å²) in [6.07, 6.45) is 91.0. The lowest BCUT2D eigenvalue weighted by atomic mass is 10.0. The van der Waals surface area contributed by atoms with Crippen molar-refractivity contribution in [3.63, 3.8) is 0 Å². The predicted octanol–water partition coefficient (Wildman–Crippen LogP) is 21.7. The van der Waals surface area contributed by atoms with Gasteiger partial charge in [-0.3, -0.25) is 4.79 Å². The molecule has 0 aliphatic heterocycles. The highest BCUT2D eigenvalue weighted by Gasteiger charge is 2.18. The van der Waals surface area contributed by atoms with Crippen molar-refractivity contribution in [3.05, 3.63) is 72.9 Å². The number of amides is 1. The van der Waals surface area contributed by atoms with Gasteiger partial charge >= 0.3 is 0 Å². The zero-order chi connectivity index (χ0) is 52.0. The van der Waals surface area contributed by atoms with E-state index in [0.717, 1.165) is 57.8 Å². The first-order chi connectivity index (χ1) is 35.7. The number of hydrogen-bond donors (Lipinski definition) is 3. The van der Waals surface area contributed by atoms with Gasteiger partial charge in [-0.1, -0.05) is 337 Å². The van der Waals surface area contributed by atoms with Crippen molar-refractivity contribution in [2.45, 2.75) is 347 Å². The van der Waals surface area contributed by atoms with Crippen LogP contribution in [0.5, 0.6) is 0 Å². The lowest BCUT2D eigenvalue weighted by molar-refractivity contribution is -0.123. The van der Waals surface area contributed by atoms with E-state index in [0.29, 0.717) is 6.42 Å². The number of rotatable bonds is 59. The van der Waals surface area contributed by atoms with Gasteiger partial charge in [0, 0.05) is 6.42 Å². The largest absolute Gasteiger partial charge is 0.394 e. The van der Waals surface area contributed by atoms with Gasteiger partial charge < -0.3 is 15.5 Å². The Morgan fingerprint density at radius 3 is 0.917 bits per heavy atom. The third-order valence-corrected chi connectivity index (χ3v) is 14.7. The Balaban J connectivity index is 3.45. The molecule has 1 amide bonds. The van der Waals surface area contributed by atoms with E-state index >= 15 is 0 Å². The monoisotopic (exact) mass is 1000 g/mol. The van der Waals surface area contributed by atoms with Crippen LogP contribution in [0.3, 0.4) is 0 Å². The van der Waals surface area contributed by atoms with Gasteiger partial charge in [-0.25, -0.2) is 0 Å². The lowest BCUT2D eigenvalue weighted by Crippen LogP contribution is -2.45. The van der Waals surface area contributed by atoms with E-state index in [1.807, 2.05) is 6.08 Å². The molecule has 0 heterocycles. The van der Waals surface area contributed by atoms with E-state index in [1.54, 1.807) is 6.08 Å². The summed E-state index contributed by atoms with van der Waals surface area (Å²) in [4.78, 5) is 12.5. The van der Waals surface area contributed by atoms with Crippen molar-refractivity contribution in [1.82, 2.24) is 5.32 Å². The van der Waals surface area contributed by atoms with Gasteiger partial charge in [-0.15, -0.1) is 0 Å². The van der Waals surface area contributed by atoms with Crippen LogP contribution in [0.1, 0.15) is 335 Å². The normalized spacial score (nSPS) is 13.2. The Kier molecular flexibility index (Phi) is 61.2. The fraction of sp³-hybridized carbons (Fsp3) is 0.809. The Morgan fingerprint density at radius 1 is 0.347 bits per heavy atom. The number of carbonyl (C=O) groups is 1. The first-order valence-electron chi connectivity index (χ1n) is 32.2. The molecule has 0 radical (unpaired) electrons. The summed E-state index contributed by atoms with van der Waals surface area (Å²) in [5.74, 6) is -0.0589. The number of unbranched alkanes of at least 4 members (excludes halogenated alkanes) is 42. The van der Waals surface area contributed by atoms with E-state index in [1.165, 1.54) is 257 Å². The quantitative estimate of drug-likeness (QED) is 0.0420. The molecule has 0 aliphatic carbocycles. The second-order valence-electron chi connectivity index (χ2n) is 21.8. The predicted molar refractivity (Wildman–Crippen MR) is 322 cm³/mol. The number of nitrogens with one attached hydrogen (secondary N) is 1. The van der Waals surface area contributed by atoms with Crippen LogP contribution in [0.4, 0.5) is 0 Å². The average molecular weight is 1000 g/mol. The van der Waals surface area contributed by atoms with Crippen molar-refractivity contribution < 1.29 is 15.0 Å². The molecule has 2 atom stereocenters. The highest BCUT2D eigenvalue weighted by Crippen LogP contribution is 2.18. The number of allylic oxidation sites excluding steroid dienone is 11. The summed E-state index contributed by atoms with van der Waals surface area (Å²) in [6, 6.07) is -0.624. The van der Waals surface area contributed by atoms with E-state index < -0.39 is 12.1 Å². The number of aliphatic hydroxyl groups is 2. The molecular formula is C68H125NO3. The second kappa shape index (κ2) is 63.1. The van der Waals surface area contributed by atoms with Gasteiger partial charge in [-0.05, 0) is 64.2 Å². The standard InChI is InChI=1S/C68H125NO3/c1-3-5-7-9-11-13-15-17-19-21-23-25-27-28-29-30-31-32-33-34-35-36-37-38-39-40-42-44-46-48-50-52-54-56-58-60-62-64-68(72)69-66(65-70)67(71)63-61-59-57-55-53-51-49-47-45-43-41-26-24-22-20-18-16-14-12-10-8-6-4-2/h5,7,11,13,17,19,23,25,28-29,61,63,66-67,70-71H,3-4,6,8-10,12,14-16,18,20-22,24,26-27,30-60,62,64-65H2,1-2H3,(H,69,72)/b7-5-,13-11-,19-17-,25-23-,29-28-,63-61+. The summed E-state index contributed by atoms with van der Waals surface area (Å²) in [7, 11) is 0. The minimum absolute atomic E-state index is 0.0589. The van der Waals surface area contributed by atoms with Gasteiger partial charge in [0.25, 0.3) is 0 Å². The SMILES string of the molecule is CC/C=C\C/C=C\C/C=C\C/C=C\C/C=C\CCCCCCCCCCCCCCCCCCCCCCCC(=O)NC(CO)C(O)/C=C/CCCCCCCCCCCCCCCCCCCCCCC. The smallest absolute Gasteiger partial charge is 0.220 e.